The Morgan fingerprint density at radius 1 is 1.02 bits per heavy atom. The van der Waals surface area contributed by atoms with E-state index in [9.17, 15) is 19.8 Å². The number of ether oxygens (including phenoxy) is 4. The summed E-state index contributed by atoms with van der Waals surface area (Å²) >= 11 is 0. The molecule has 2 aliphatic heterocycles. The summed E-state index contributed by atoms with van der Waals surface area (Å²) in [7, 11) is -4.29. The Hall–Kier alpha value is -4.90. The van der Waals surface area contributed by atoms with Crippen molar-refractivity contribution in [1.29, 1.82) is 0 Å². The van der Waals surface area contributed by atoms with E-state index in [1.807, 2.05) is 19.1 Å². The molecule has 15 heteroatoms. The topological polar surface area (TPSA) is 183 Å². The van der Waals surface area contributed by atoms with Crippen molar-refractivity contribution in [3.63, 3.8) is 0 Å². The zero-order chi connectivity index (χ0) is 46.0. The molecule has 2 heterocycles. The SMILES string of the molecule is C=CCO[C@@]12Oc3ccc(Oc4cccc(C=O)c4)cc3[C@H]3[C@H](CCCCO)[C@@H](CCCCO)C=C(C(=NOC4CCCCO4)C[C@@H]1N(CCC)S(=O)(=O)c1ccc(NC(C)=O)cc1)[C@H]32. The van der Waals surface area contributed by atoms with Crippen molar-refractivity contribution in [1.82, 2.24) is 4.31 Å². The Morgan fingerprint density at radius 2 is 1.78 bits per heavy atom. The molecule has 1 unspecified atom stereocenters. The van der Waals surface area contributed by atoms with Crippen LogP contribution in [0.15, 0.2) is 101 Å². The Bertz CT molecular complexity index is 2290. The fourth-order valence-corrected chi connectivity index (χ4v) is 11.8. The van der Waals surface area contributed by atoms with E-state index in [2.05, 4.69) is 18.0 Å². The molecule has 7 atom stereocenters. The number of anilines is 1. The number of carbonyl (C=O) groups excluding carboxylic acids is 2. The maximum Gasteiger partial charge on any atom is 0.243 e. The van der Waals surface area contributed by atoms with E-state index in [4.69, 9.17) is 28.9 Å². The van der Waals surface area contributed by atoms with Gasteiger partial charge in [0.15, 0.2) is 0 Å². The largest absolute Gasteiger partial charge is 0.460 e. The normalized spacial score (nSPS) is 25.4. The van der Waals surface area contributed by atoms with Crippen molar-refractivity contribution < 1.29 is 52.0 Å². The molecule has 7 rings (SSSR count). The monoisotopic (exact) mass is 913 g/mol. The number of aldehydes is 1. The number of aliphatic hydroxyl groups excluding tert-OH is 2. The van der Waals surface area contributed by atoms with Gasteiger partial charge in [0.25, 0.3) is 0 Å². The van der Waals surface area contributed by atoms with E-state index in [-0.39, 0.29) is 61.3 Å². The molecular formula is C50H63N3O11S. The third-order valence-corrected chi connectivity index (χ3v) is 14.8. The van der Waals surface area contributed by atoms with Gasteiger partial charge in [0.1, 0.15) is 23.5 Å². The summed E-state index contributed by atoms with van der Waals surface area (Å²) in [6, 6.07) is 17.7. The maximum atomic E-state index is 15.3. The first-order chi connectivity index (χ1) is 31.6. The van der Waals surface area contributed by atoms with E-state index < -0.39 is 34.1 Å². The summed E-state index contributed by atoms with van der Waals surface area (Å²) in [5.74, 6) is -1.44. The van der Waals surface area contributed by atoms with E-state index in [1.54, 1.807) is 48.5 Å². The fraction of sp³-hybridized carbons (Fsp3) is 0.500. The molecule has 2 fully saturated rings. The standard InChI is InChI=1S/C50H63N3O11S/c1-4-24-53(65(58,59)40-21-18-37(19-22-40)51-34(3)57)46-32-44(52-64-47-17-8-11-28-60-47)42-30-36(14-6-9-25-54)41(16-7-10-26-55)48-43-31-39(62-38-15-12-13-35(29-38)33-56)20-23-45(43)63-50(46,49(42)48)61-27-5-2/h5,12-13,15,18-23,29-31,33,36,41,46-49,54-55H,2,4,6-11,14,16-17,24-28,32H2,1,3H3,(H,51,57)/t36-,41+,46-,47?,48+,49+,50+/m0/s1. The van der Waals surface area contributed by atoms with E-state index in [0.29, 0.717) is 66.5 Å². The highest BCUT2D eigenvalue weighted by atomic mass is 32.2. The lowest BCUT2D eigenvalue weighted by molar-refractivity contribution is -0.251. The summed E-state index contributed by atoms with van der Waals surface area (Å²) in [6.45, 7) is 8.12. The molecule has 65 heavy (non-hydrogen) atoms. The van der Waals surface area contributed by atoms with Gasteiger partial charge in [-0.2, -0.15) is 4.31 Å². The van der Waals surface area contributed by atoms with Crippen LogP contribution in [0.4, 0.5) is 5.69 Å². The smallest absolute Gasteiger partial charge is 0.243 e. The predicted molar refractivity (Wildman–Crippen MR) is 246 cm³/mol. The highest BCUT2D eigenvalue weighted by molar-refractivity contribution is 7.89. The molecule has 0 spiro atoms. The molecule has 3 N–H and O–H groups in total. The third-order valence-electron chi connectivity index (χ3n) is 12.9. The average Bonchev–Trinajstić information content (AvgIpc) is 3.31. The van der Waals surface area contributed by atoms with Crippen molar-refractivity contribution in [2.45, 2.75) is 113 Å². The zero-order valence-corrected chi connectivity index (χ0v) is 38.3. The highest BCUT2D eigenvalue weighted by Gasteiger charge is 2.66. The van der Waals surface area contributed by atoms with Crippen molar-refractivity contribution in [2.24, 2.45) is 22.9 Å². The molecule has 0 radical (unpaired) electrons. The molecular weight excluding hydrogens is 851 g/mol. The molecule has 0 bridgehead atoms. The first kappa shape index (κ1) is 48.0. The number of benzene rings is 3. The number of fused-ring (bicyclic) bond motifs is 2. The Kier molecular flexibility index (Phi) is 16.3. The maximum absolute atomic E-state index is 15.3. The van der Waals surface area contributed by atoms with Gasteiger partial charge in [0.05, 0.1) is 35.8 Å². The summed E-state index contributed by atoms with van der Waals surface area (Å²) in [5, 5.41) is 27.6. The molecule has 1 saturated heterocycles. The minimum atomic E-state index is -4.29. The number of nitrogens with zero attached hydrogens (tertiary/aromatic N) is 2. The van der Waals surface area contributed by atoms with E-state index in [1.165, 1.54) is 23.4 Å². The number of allylic oxidation sites excluding steroid dienone is 1. The molecule has 350 valence electrons. The lowest BCUT2D eigenvalue weighted by atomic mass is 9.55. The first-order valence-electron chi connectivity index (χ1n) is 23.0. The van der Waals surface area contributed by atoms with Crippen LogP contribution in [0.25, 0.3) is 0 Å². The van der Waals surface area contributed by atoms with Crippen LogP contribution in [-0.2, 0) is 29.1 Å². The van der Waals surface area contributed by atoms with Gasteiger partial charge < -0.3 is 39.3 Å². The molecule has 2 aliphatic carbocycles. The summed E-state index contributed by atoms with van der Waals surface area (Å²) in [4.78, 5) is 29.8. The average molecular weight is 914 g/mol. The summed E-state index contributed by atoms with van der Waals surface area (Å²) in [5.41, 5.74) is 3.19. The third kappa shape index (κ3) is 10.7. The van der Waals surface area contributed by atoms with Gasteiger partial charge in [0.2, 0.25) is 28.0 Å². The highest BCUT2D eigenvalue weighted by Crippen LogP contribution is 2.62. The number of carbonyl (C=O) groups is 2. The summed E-state index contributed by atoms with van der Waals surface area (Å²) in [6.07, 6.45) is 11.3. The lowest BCUT2D eigenvalue weighted by Crippen LogP contribution is -2.70. The van der Waals surface area contributed by atoms with Gasteiger partial charge in [-0.25, -0.2) is 8.42 Å². The summed E-state index contributed by atoms with van der Waals surface area (Å²) < 4.78 is 58.8. The second-order valence-corrected chi connectivity index (χ2v) is 19.2. The van der Waals surface area contributed by atoms with Crippen LogP contribution in [0.3, 0.4) is 0 Å². The van der Waals surface area contributed by atoms with Crippen LogP contribution in [0.5, 0.6) is 17.2 Å². The van der Waals surface area contributed by atoms with E-state index >= 15 is 8.42 Å². The molecule has 1 amide bonds. The number of hydrogen-bond donors (Lipinski definition) is 3. The van der Waals surface area contributed by atoms with Crippen LogP contribution in [0.1, 0.15) is 106 Å². The van der Waals surface area contributed by atoms with Crippen molar-refractivity contribution in [3.05, 3.63) is 102 Å². The van der Waals surface area contributed by atoms with E-state index in [0.717, 1.165) is 55.9 Å². The number of unbranched alkanes of at least 4 members (excludes halogenated alkanes) is 2. The van der Waals surface area contributed by atoms with Crippen LogP contribution in [0.2, 0.25) is 0 Å². The molecule has 4 aliphatic rings. The fourth-order valence-electron chi connectivity index (χ4n) is 10.1. The van der Waals surface area contributed by atoms with Gasteiger partial charge >= 0.3 is 0 Å². The van der Waals surface area contributed by atoms with Crippen LogP contribution in [0, 0.1) is 17.8 Å². The minimum absolute atomic E-state index is 0.0151. The van der Waals surface area contributed by atoms with Crippen molar-refractivity contribution in [3.8, 4) is 17.2 Å². The number of nitrogens with one attached hydrogen (secondary N) is 1. The Balaban J connectivity index is 1.46. The number of oxime groups is 1. The van der Waals surface area contributed by atoms with Crippen molar-refractivity contribution in [2.75, 3.05) is 38.3 Å². The Labute approximate surface area is 382 Å². The first-order valence-corrected chi connectivity index (χ1v) is 24.5. The second-order valence-electron chi connectivity index (χ2n) is 17.3. The second kappa shape index (κ2) is 22.1. The molecule has 0 aromatic heterocycles. The van der Waals surface area contributed by atoms with Crippen molar-refractivity contribution >= 4 is 33.6 Å². The van der Waals surface area contributed by atoms with Gasteiger partial charge in [-0.05, 0) is 117 Å². The number of hydrogen-bond acceptors (Lipinski definition) is 12. The lowest BCUT2D eigenvalue weighted by Gasteiger charge is -2.59. The van der Waals surface area contributed by atoms with Crippen LogP contribution < -0.4 is 14.8 Å². The molecule has 14 nitrogen and oxygen atoms in total. The number of sulfonamides is 1. The zero-order valence-electron chi connectivity index (χ0n) is 37.4. The van der Waals surface area contributed by atoms with Crippen LogP contribution >= 0.6 is 0 Å². The Morgan fingerprint density at radius 3 is 2.48 bits per heavy atom. The van der Waals surface area contributed by atoms with Gasteiger partial charge in [-0.15, -0.1) is 6.58 Å². The molecule has 3 aromatic rings. The predicted octanol–water partition coefficient (Wildman–Crippen LogP) is 8.51. The molecule has 1 saturated carbocycles. The van der Waals surface area contributed by atoms with Gasteiger partial charge in [-0.3, -0.25) is 9.59 Å². The number of aliphatic hydroxyl groups is 2. The van der Waals surface area contributed by atoms with Gasteiger partial charge in [0, 0.05) is 62.3 Å². The number of rotatable bonds is 22. The number of amides is 1. The van der Waals surface area contributed by atoms with Crippen LogP contribution in [-0.4, -0.2) is 91.9 Å². The minimum Gasteiger partial charge on any atom is -0.460 e. The quantitative estimate of drug-likeness (QED) is 0.0380. The van der Waals surface area contributed by atoms with Gasteiger partial charge in [-0.1, -0.05) is 49.2 Å². The molecule has 3 aromatic carbocycles.